The van der Waals surface area contributed by atoms with Gasteiger partial charge >= 0.3 is 0 Å². The van der Waals surface area contributed by atoms with Crippen molar-refractivity contribution < 1.29 is 9.90 Å². The molecule has 0 radical (unpaired) electrons. The molecule has 1 fully saturated rings. The number of rotatable bonds is 5. The summed E-state index contributed by atoms with van der Waals surface area (Å²) in [5.41, 5.74) is 7.73. The number of carbonyl (C=O) groups excluding carboxylic acids is 1. The van der Waals surface area contributed by atoms with Gasteiger partial charge < -0.3 is 15.6 Å². The summed E-state index contributed by atoms with van der Waals surface area (Å²) in [6.45, 7) is 0. The van der Waals surface area contributed by atoms with Crippen LogP contribution in [-0.4, -0.2) is 23.5 Å². The van der Waals surface area contributed by atoms with Crippen LogP contribution >= 0.6 is 0 Å². The number of hydrogen-bond donors (Lipinski definition) is 1. The monoisotopic (exact) mass is 343 g/mol. The number of hydrogen-bond acceptors (Lipinski definition) is 3. The van der Waals surface area contributed by atoms with Crippen molar-refractivity contribution >= 4 is 16.9 Å². The Hall–Kier alpha value is -1.78. The van der Waals surface area contributed by atoms with E-state index in [2.05, 4.69) is 30.3 Å². The number of carboxylic acids is 1. The first-order chi connectivity index (χ1) is 11.6. The zero-order valence-electron chi connectivity index (χ0n) is 13.9. The fraction of sp³-hybridized carbons (Fsp3) is 0.350. The molecule has 2 aromatic carbocycles. The maximum atomic E-state index is 10.3. The van der Waals surface area contributed by atoms with Crippen molar-refractivity contribution in [2.24, 2.45) is 5.73 Å². The second kappa shape index (κ2) is 10.2. The lowest BCUT2D eigenvalue weighted by molar-refractivity contribution is -0.307. The molecule has 0 saturated carbocycles. The molecule has 1 atom stereocenters. The summed E-state index contributed by atoms with van der Waals surface area (Å²) in [5.74, 6) is 3.09. The van der Waals surface area contributed by atoms with Crippen LogP contribution in [0.4, 0.5) is 0 Å². The summed E-state index contributed by atoms with van der Waals surface area (Å²) in [4.78, 5) is 10.3. The van der Waals surface area contributed by atoms with E-state index in [4.69, 9.17) is 5.73 Å². The summed E-state index contributed by atoms with van der Waals surface area (Å²) < 4.78 is 0. The van der Waals surface area contributed by atoms with Crippen LogP contribution in [0.25, 0.3) is 0 Å². The summed E-state index contributed by atoms with van der Waals surface area (Å²) in [7, 11) is 0.722. The van der Waals surface area contributed by atoms with E-state index in [0.29, 0.717) is 6.42 Å². The molecule has 0 bridgehead atoms. The smallest absolute Gasteiger partial charge is 0.133 e. The van der Waals surface area contributed by atoms with Gasteiger partial charge in [0.2, 0.25) is 0 Å². The summed E-state index contributed by atoms with van der Waals surface area (Å²) in [6.07, 6.45) is 3.26. The van der Waals surface area contributed by atoms with E-state index in [1.165, 1.54) is 35.7 Å². The summed E-state index contributed by atoms with van der Waals surface area (Å²) >= 11 is 0. The van der Waals surface area contributed by atoms with Gasteiger partial charge in [0.25, 0.3) is 0 Å². The second-order valence-corrected chi connectivity index (χ2v) is 8.30. The molecule has 1 heterocycles. The minimum atomic E-state index is -1.21. The molecule has 3 nitrogen and oxygen atoms in total. The van der Waals surface area contributed by atoms with Gasteiger partial charge in [-0.1, -0.05) is 60.7 Å². The minimum Gasteiger partial charge on any atom is -0.548 e. The number of carboxylic acid groups (broad SMARTS) is 1. The maximum Gasteiger partial charge on any atom is 0.133 e. The van der Waals surface area contributed by atoms with Crippen molar-refractivity contribution in [1.82, 2.24) is 0 Å². The molecule has 2 N–H and O–H groups in total. The Morgan fingerprint density at radius 2 is 1.46 bits per heavy atom. The summed E-state index contributed by atoms with van der Waals surface area (Å²) in [6, 6.07) is 19.2. The molecule has 2 aromatic rings. The maximum absolute atomic E-state index is 10.3. The van der Waals surface area contributed by atoms with Crippen molar-refractivity contribution in [3.05, 3.63) is 71.8 Å². The third kappa shape index (κ3) is 6.77. The predicted octanol–water partition coefficient (Wildman–Crippen LogP) is 1.90. The van der Waals surface area contributed by atoms with Crippen LogP contribution < -0.4 is 10.8 Å². The van der Waals surface area contributed by atoms with E-state index in [-0.39, 0.29) is 0 Å². The molecule has 0 aromatic heterocycles. The van der Waals surface area contributed by atoms with Crippen LogP contribution in [0.1, 0.15) is 24.0 Å². The van der Waals surface area contributed by atoms with Crippen LogP contribution in [0.5, 0.6) is 0 Å². The van der Waals surface area contributed by atoms with Crippen LogP contribution in [0.3, 0.4) is 0 Å². The quantitative estimate of drug-likeness (QED) is 0.843. The van der Waals surface area contributed by atoms with E-state index in [0.717, 1.165) is 16.5 Å². The van der Waals surface area contributed by atoms with E-state index < -0.39 is 12.0 Å². The molecule has 128 valence electrons. The van der Waals surface area contributed by atoms with Gasteiger partial charge in [0.15, 0.2) is 0 Å². The van der Waals surface area contributed by atoms with Crippen LogP contribution in [0, 0.1) is 0 Å². The van der Waals surface area contributed by atoms with E-state index in [1.54, 1.807) is 0 Å². The highest BCUT2D eigenvalue weighted by atomic mass is 32.2. The van der Waals surface area contributed by atoms with Gasteiger partial charge in [-0.3, -0.25) is 0 Å². The SMILES string of the molecule is N[C@@H](Cc1ccccc1)C(=O)[O-].c1ccc(C[S+]2CCCC2)cc1. The number of benzene rings is 2. The molecular formula is C20H25NO2S. The van der Waals surface area contributed by atoms with Gasteiger partial charge in [0, 0.05) is 11.6 Å². The first kappa shape index (κ1) is 18.6. The Kier molecular flexibility index (Phi) is 7.86. The fourth-order valence-electron chi connectivity index (χ4n) is 2.62. The van der Waals surface area contributed by atoms with Crippen LogP contribution in [0.2, 0.25) is 0 Å². The highest BCUT2D eigenvalue weighted by Gasteiger charge is 2.23. The first-order valence-corrected chi connectivity index (χ1v) is 10.1. The normalized spacial score (nSPS) is 15.4. The Labute approximate surface area is 147 Å². The van der Waals surface area contributed by atoms with Gasteiger partial charge in [0.1, 0.15) is 17.3 Å². The van der Waals surface area contributed by atoms with Crippen LogP contribution in [-0.2, 0) is 27.9 Å². The fourth-order valence-corrected chi connectivity index (χ4v) is 5.00. The molecule has 0 unspecified atom stereocenters. The molecule has 0 amide bonds. The van der Waals surface area contributed by atoms with Crippen molar-refractivity contribution in [2.45, 2.75) is 31.1 Å². The molecule has 1 saturated heterocycles. The van der Waals surface area contributed by atoms with E-state index in [9.17, 15) is 9.90 Å². The Morgan fingerprint density at radius 3 is 1.96 bits per heavy atom. The Balaban J connectivity index is 0.000000174. The second-order valence-electron chi connectivity index (χ2n) is 5.97. The third-order valence-electron chi connectivity index (χ3n) is 3.93. The van der Waals surface area contributed by atoms with Gasteiger partial charge in [-0.2, -0.15) is 0 Å². The average molecular weight is 343 g/mol. The van der Waals surface area contributed by atoms with Crippen molar-refractivity contribution in [1.29, 1.82) is 0 Å². The number of carbonyl (C=O) groups is 1. The zero-order chi connectivity index (χ0) is 17.2. The molecule has 1 aliphatic heterocycles. The number of aliphatic carboxylic acids is 1. The standard InChI is InChI=1S/C11H15S.C9H11NO2/c1-2-6-11(7-3-1)10-12-8-4-5-9-12;10-8(9(11)12)6-7-4-2-1-3-5-7/h1-3,6-7H,4-5,8-10H2;1-5,8H,6,10H2,(H,11,12)/q+1;/p-1/t;8-/m.0/s1. The van der Waals surface area contributed by atoms with Crippen molar-refractivity contribution in [2.75, 3.05) is 11.5 Å². The summed E-state index contributed by atoms with van der Waals surface area (Å²) in [5, 5.41) is 10.3. The topological polar surface area (TPSA) is 66.2 Å². The molecular weight excluding hydrogens is 318 g/mol. The molecule has 0 spiro atoms. The Morgan fingerprint density at radius 1 is 0.958 bits per heavy atom. The molecule has 4 heteroatoms. The van der Waals surface area contributed by atoms with Crippen molar-refractivity contribution in [3.63, 3.8) is 0 Å². The van der Waals surface area contributed by atoms with Gasteiger partial charge in [-0.25, -0.2) is 0 Å². The molecule has 0 aliphatic carbocycles. The van der Waals surface area contributed by atoms with Gasteiger partial charge in [-0.05, 0) is 35.7 Å². The number of nitrogens with two attached hydrogens (primary N) is 1. The first-order valence-electron chi connectivity index (χ1n) is 8.33. The molecule has 24 heavy (non-hydrogen) atoms. The highest BCUT2D eigenvalue weighted by molar-refractivity contribution is 7.96. The van der Waals surface area contributed by atoms with E-state index >= 15 is 0 Å². The largest absolute Gasteiger partial charge is 0.548 e. The van der Waals surface area contributed by atoms with Crippen molar-refractivity contribution in [3.8, 4) is 0 Å². The predicted molar refractivity (Wildman–Crippen MR) is 99.6 cm³/mol. The Bertz CT molecular complexity index is 598. The lowest BCUT2D eigenvalue weighted by Crippen LogP contribution is -2.43. The minimum absolute atomic E-state index is 0.323. The molecule has 1 aliphatic rings. The van der Waals surface area contributed by atoms with E-state index in [1.807, 2.05) is 30.3 Å². The lowest BCUT2D eigenvalue weighted by Gasteiger charge is -2.11. The lowest BCUT2D eigenvalue weighted by atomic mass is 10.1. The third-order valence-corrected chi connectivity index (χ3v) is 6.40. The highest BCUT2D eigenvalue weighted by Crippen LogP contribution is 2.18. The van der Waals surface area contributed by atoms with Crippen LogP contribution in [0.15, 0.2) is 60.7 Å². The van der Waals surface area contributed by atoms with Gasteiger partial charge in [-0.15, -0.1) is 0 Å². The van der Waals surface area contributed by atoms with Gasteiger partial charge in [0.05, 0.1) is 5.97 Å². The zero-order valence-corrected chi connectivity index (χ0v) is 14.7. The average Bonchev–Trinajstić information content (AvgIpc) is 3.10. The molecule has 3 rings (SSSR count).